The van der Waals surface area contributed by atoms with E-state index < -0.39 is 0 Å². The molecule has 1 saturated carbocycles. The van der Waals surface area contributed by atoms with E-state index in [0.717, 1.165) is 11.9 Å². The van der Waals surface area contributed by atoms with Crippen molar-refractivity contribution in [1.82, 2.24) is 15.1 Å². The minimum atomic E-state index is -0.0865. The van der Waals surface area contributed by atoms with Gasteiger partial charge in [-0.2, -0.15) is 5.10 Å². The van der Waals surface area contributed by atoms with Crippen LogP contribution in [0.3, 0.4) is 0 Å². The number of benzene rings is 1. The molecule has 1 fully saturated rings. The summed E-state index contributed by atoms with van der Waals surface area (Å²) in [6, 6.07) is 7.66. The van der Waals surface area contributed by atoms with Crippen LogP contribution in [-0.4, -0.2) is 21.7 Å². The number of carbonyl (C=O) groups excluding carboxylic acids is 1. The second kappa shape index (κ2) is 7.60. The van der Waals surface area contributed by atoms with Crippen molar-refractivity contribution in [2.24, 2.45) is 11.3 Å². The molecule has 0 bridgehead atoms. The molecule has 1 amide bonds. The van der Waals surface area contributed by atoms with Gasteiger partial charge in [0.15, 0.2) is 0 Å². The zero-order valence-corrected chi connectivity index (χ0v) is 16.0. The highest BCUT2D eigenvalue weighted by atomic mass is 16.1. The van der Waals surface area contributed by atoms with Gasteiger partial charge in [-0.25, -0.2) is 0 Å². The molecule has 1 aliphatic carbocycles. The van der Waals surface area contributed by atoms with Crippen molar-refractivity contribution in [2.75, 3.05) is 0 Å². The van der Waals surface area contributed by atoms with Gasteiger partial charge < -0.3 is 5.32 Å². The van der Waals surface area contributed by atoms with Crippen LogP contribution in [0.2, 0.25) is 0 Å². The number of hydrogen-bond acceptors (Lipinski definition) is 3. The van der Waals surface area contributed by atoms with Gasteiger partial charge in [-0.3, -0.25) is 14.3 Å². The average Bonchev–Trinajstić information content (AvgIpc) is 2.61. The molecule has 2 unspecified atom stereocenters. The molecule has 1 aromatic carbocycles. The molecule has 0 aliphatic heterocycles. The van der Waals surface area contributed by atoms with Gasteiger partial charge in [0.25, 0.3) is 0 Å². The fourth-order valence-corrected chi connectivity index (χ4v) is 4.17. The van der Waals surface area contributed by atoms with Crippen molar-refractivity contribution < 1.29 is 4.79 Å². The molecule has 1 heterocycles. The molecule has 1 N–H and O–H groups in total. The summed E-state index contributed by atoms with van der Waals surface area (Å²) in [5, 5.41) is 8.11. The number of hydrogen-bond donors (Lipinski definition) is 1. The van der Waals surface area contributed by atoms with Crippen LogP contribution in [-0.2, 0) is 11.3 Å². The molecule has 140 valence electrons. The number of rotatable bonds is 4. The van der Waals surface area contributed by atoms with Gasteiger partial charge in [0.1, 0.15) is 0 Å². The number of aryl methyl sites for hydroxylation is 1. The SMILES string of the molecule is CC(C)(C)C1CCCCC1NC(=O)CCn1ncc(=O)c2ccccc21. The van der Waals surface area contributed by atoms with E-state index in [1.807, 2.05) is 18.2 Å². The van der Waals surface area contributed by atoms with E-state index in [-0.39, 0.29) is 22.8 Å². The predicted octanol–water partition coefficient (Wildman–Crippen LogP) is 3.51. The molecule has 26 heavy (non-hydrogen) atoms. The van der Waals surface area contributed by atoms with E-state index >= 15 is 0 Å². The monoisotopic (exact) mass is 355 g/mol. The Bertz CT molecular complexity index is 835. The summed E-state index contributed by atoms with van der Waals surface area (Å²) in [6.45, 7) is 7.26. The van der Waals surface area contributed by atoms with Gasteiger partial charge in [-0.05, 0) is 36.3 Å². The minimum Gasteiger partial charge on any atom is -0.353 e. The Morgan fingerprint density at radius 1 is 1.23 bits per heavy atom. The van der Waals surface area contributed by atoms with Gasteiger partial charge >= 0.3 is 0 Å². The van der Waals surface area contributed by atoms with Crippen LogP contribution in [0, 0.1) is 11.3 Å². The molecule has 3 rings (SSSR count). The lowest BCUT2D eigenvalue weighted by molar-refractivity contribution is -0.123. The number of amides is 1. The Kier molecular flexibility index (Phi) is 5.44. The van der Waals surface area contributed by atoms with Crippen LogP contribution in [0.25, 0.3) is 10.9 Å². The van der Waals surface area contributed by atoms with Crippen LogP contribution >= 0.6 is 0 Å². The molecule has 2 atom stereocenters. The van der Waals surface area contributed by atoms with Gasteiger partial charge in [0, 0.05) is 17.8 Å². The second-order valence-electron chi connectivity index (χ2n) is 8.43. The summed E-state index contributed by atoms with van der Waals surface area (Å²) in [5.74, 6) is 0.585. The molecular formula is C21H29N3O2. The first kappa shape index (κ1) is 18.6. The highest BCUT2D eigenvalue weighted by molar-refractivity contribution is 5.79. The topological polar surface area (TPSA) is 64.0 Å². The van der Waals surface area contributed by atoms with Crippen molar-refractivity contribution in [3.8, 4) is 0 Å². The summed E-state index contributed by atoms with van der Waals surface area (Å²) in [6.07, 6.45) is 6.38. The van der Waals surface area contributed by atoms with E-state index in [9.17, 15) is 9.59 Å². The van der Waals surface area contributed by atoms with Gasteiger partial charge in [-0.15, -0.1) is 0 Å². The van der Waals surface area contributed by atoms with E-state index in [1.165, 1.54) is 25.5 Å². The molecule has 2 aromatic rings. The van der Waals surface area contributed by atoms with Gasteiger partial charge in [-0.1, -0.05) is 45.7 Å². The third kappa shape index (κ3) is 4.14. The molecule has 5 heteroatoms. The van der Waals surface area contributed by atoms with E-state index in [1.54, 1.807) is 10.7 Å². The minimum absolute atomic E-state index is 0.0655. The molecular weight excluding hydrogens is 326 g/mol. The lowest BCUT2D eigenvalue weighted by Gasteiger charge is -2.40. The van der Waals surface area contributed by atoms with Crippen LogP contribution < -0.4 is 10.7 Å². The zero-order valence-electron chi connectivity index (χ0n) is 16.0. The number of nitrogens with one attached hydrogen (secondary N) is 1. The third-order valence-corrected chi connectivity index (χ3v) is 5.54. The first-order valence-corrected chi connectivity index (χ1v) is 9.60. The summed E-state index contributed by atoms with van der Waals surface area (Å²) in [5.41, 5.74) is 0.893. The zero-order chi connectivity index (χ0) is 18.7. The number of nitrogens with zero attached hydrogens (tertiary/aromatic N) is 2. The van der Waals surface area contributed by atoms with Crippen LogP contribution in [0.4, 0.5) is 0 Å². The lowest BCUT2D eigenvalue weighted by Crippen LogP contribution is -2.46. The first-order valence-electron chi connectivity index (χ1n) is 9.60. The van der Waals surface area contributed by atoms with Crippen molar-refractivity contribution in [3.05, 3.63) is 40.7 Å². The largest absolute Gasteiger partial charge is 0.353 e. The quantitative estimate of drug-likeness (QED) is 0.913. The maximum Gasteiger partial charge on any atom is 0.222 e. The average molecular weight is 355 g/mol. The summed E-state index contributed by atoms with van der Waals surface area (Å²) >= 11 is 0. The van der Waals surface area contributed by atoms with Gasteiger partial charge in [0.05, 0.1) is 18.3 Å². The first-order chi connectivity index (χ1) is 12.4. The number of para-hydroxylation sites is 1. The maximum absolute atomic E-state index is 12.5. The third-order valence-electron chi connectivity index (χ3n) is 5.54. The molecule has 0 spiro atoms. The molecule has 0 radical (unpaired) electrons. The van der Waals surface area contributed by atoms with Crippen molar-refractivity contribution in [3.63, 3.8) is 0 Å². The van der Waals surface area contributed by atoms with Crippen LogP contribution in [0.1, 0.15) is 52.9 Å². The van der Waals surface area contributed by atoms with Gasteiger partial charge in [0.2, 0.25) is 11.3 Å². The molecule has 1 aromatic heterocycles. The second-order valence-corrected chi connectivity index (χ2v) is 8.43. The standard InChI is InChI=1S/C21H29N3O2/c1-21(2,3)16-9-5-6-10-17(16)23-20(26)12-13-24-18-11-7-4-8-15(18)19(25)14-22-24/h4,7-8,11,14,16-17H,5-6,9-10,12-13H2,1-3H3,(H,23,26). The fourth-order valence-electron chi connectivity index (χ4n) is 4.17. The Balaban J connectivity index is 1.66. The number of fused-ring (bicyclic) bond motifs is 1. The van der Waals surface area contributed by atoms with Crippen molar-refractivity contribution >= 4 is 16.8 Å². The Morgan fingerprint density at radius 2 is 1.96 bits per heavy atom. The highest BCUT2D eigenvalue weighted by Gasteiger charge is 2.34. The van der Waals surface area contributed by atoms with Crippen molar-refractivity contribution in [2.45, 2.75) is 65.5 Å². The summed E-state index contributed by atoms with van der Waals surface area (Å²) in [7, 11) is 0. The van der Waals surface area contributed by atoms with Crippen LogP contribution in [0.15, 0.2) is 35.3 Å². The Labute approximate surface area is 154 Å². The van der Waals surface area contributed by atoms with E-state index in [0.29, 0.717) is 24.3 Å². The maximum atomic E-state index is 12.5. The summed E-state index contributed by atoms with van der Waals surface area (Å²) in [4.78, 5) is 24.5. The van der Waals surface area contributed by atoms with E-state index in [4.69, 9.17) is 0 Å². The normalized spacial score (nSPS) is 20.9. The van der Waals surface area contributed by atoms with Crippen LogP contribution in [0.5, 0.6) is 0 Å². The smallest absolute Gasteiger partial charge is 0.222 e. The number of aromatic nitrogens is 2. The molecule has 0 saturated heterocycles. The Hall–Kier alpha value is -2.17. The fraction of sp³-hybridized carbons (Fsp3) is 0.571. The highest BCUT2D eigenvalue weighted by Crippen LogP contribution is 2.38. The lowest BCUT2D eigenvalue weighted by atomic mass is 9.69. The predicted molar refractivity (Wildman–Crippen MR) is 104 cm³/mol. The summed E-state index contributed by atoms with van der Waals surface area (Å²) < 4.78 is 1.75. The van der Waals surface area contributed by atoms with Crippen molar-refractivity contribution in [1.29, 1.82) is 0 Å². The molecule has 5 nitrogen and oxygen atoms in total. The van der Waals surface area contributed by atoms with E-state index in [2.05, 4.69) is 31.2 Å². The number of carbonyl (C=O) groups is 1. The molecule has 1 aliphatic rings. The Morgan fingerprint density at radius 3 is 2.73 bits per heavy atom.